The van der Waals surface area contributed by atoms with Gasteiger partial charge in [-0.3, -0.25) is 0 Å². The molecule has 2 aliphatic carbocycles. The second-order valence-electron chi connectivity index (χ2n) is 6.29. The van der Waals surface area contributed by atoms with Gasteiger partial charge in [-0.2, -0.15) is 13.2 Å². The van der Waals surface area contributed by atoms with E-state index in [0.717, 1.165) is 32.2 Å². The maximum atomic E-state index is 13.2. The number of halogens is 3. The zero-order chi connectivity index (χ0) is 13.9. The van der Waals surface area contributed by atoms with Crippen molar-refractivity contribution in [1.82, 2.24) is 5.32 Å². The smallest absolute Gasteiger partial charge is 0.314 e. The van der Waals surface area contributed by atoms with Crippen molar-refractivity contribution in [2.45, 2.75) is 70.5 Å². The van der Waals surface area contributed by atoms with Crippen LogP contribution in [-0.2, 0) is 0 Å². The van der Waals surface area contributed by atoms with Crippen LogP contribution < -0.4 is 5.32 Å². The van der Waals surface area contributed by atoms with Gasteiger partial charge in [0.25, 0.3) is 0 Å². The van der Waals surface area contributed by atoms with Crippen LogP contribution in [0.3, 0.4) is 0 Å². The second kappa shape index (κ2) is 6.47. The van der Waals surface area contributed by atoms with Crippen molar-refractivity contribution in [2.24, 2.45) is 17.8 Å². The van der Waals surface area contributed by atoms with Crippen LogP contribution in [0.15, 0.2) is 0 Å². The SMILES string of the molecule is CCNC(CC1CCC1)C1CCCCC1C(F)(F)F. The van der Waals surface area contributed by atoms with E-state index in [1.54, 1.807) is 0 Å². The highest BCUT2D eigenvalue weighted by Gasteiger charge is 2.48. The lowest BCUT2D eigenvalue weighted by molar-refractivity contribution is -0.200. The zero-order valence-electron chi connectivity index (χ0n) is 11.8. The second-order valence-corrected chi connectivity index (χ2v) is 6.29. The van der Waals surface area contributed by atoms with Crippen molar-refractivity contribution < 1.29 is 13.2 Å². The number of rotatable bonds is 5. The van der Waals surface area contributed by atoms with Gasteiger partial charge in [-0.1, -0.05) is 39.0 Å². The van der Waals surface area contributed by atoms with Gasteiger partial charge < -0.3 is 5.32 Å². The van der Waals surface area contributed by atoms with Gasteiger partial charge >= 0.3 is 6.18 Å². The first-order chi connectivity index (χ1) is 9.02. The molecule has 3 atom stereocenters. The summed E-state index contributed by atoms with van der Waals surface area (Å²) in [5, 5.41) is 3.35. The van der Waals surface area contributed by atoms with Crippen LogP contribution >= 0.6 is 0 Å². The summed E-state index contributed by atoms with van der Waals surface area (Å²) in [7, 11) is 0. The third kappa shape index (κ3) is 3.87. The molecule has 1 N–H and O–H groups in total. The predicted molar refractivity (Wildman–Crippen MR) is 70.9 cm³/mol. The van der Waals surface area contributed by atoms with Gasteiger partial charge in [0.15, 0.2) is 0 Å². The summed E-state index contributed by atoms with van der Waals surface area (Å²) in [4.78, 5) is 0. The minimum atomic E-state index is -4.02. The summed E-state index contributed by atoms with van der Waals surface area (Å²) in [5.41, 5.74) is 0. The van der Waals surface area contributed by atoms with Gasteiger partial charge in [-0.05, 0) is 37.6 Å². The molecule has 0 heterocycles. The lowest BCUT2D eigenvalue weighted by Gasteiger charge is -2.41. The maximum Gasteiger partial charge on any atom is 0.392 e. The van der Waals surface area contributed by atoms with Crippen molar-refractivity contribution in [3.05, 3.63) is 0 Å². The van der Waals surface area contributed by atoms with Crippen LogP contribution in [0, 0.1) is 17.8 Å². The van der Waals surface area contributed by atoms with Gasteiger partial charge in [0.2, 0.25) is 0 Å². The molecule has 4 heteroatoms. The van der Waals surface area contributed by atoms with E-state index >= 15 is 0 Å². The molecule has 0 aromatic rings. The molecule has 0 radical (unpaired) electrons. The van der Waals surface area contributed by atoms with Crippen LogP contribution in [0.5, 0.6) is 0 Å². The Morgan fingerprint density at radius 3 is 2.26 bits per heavy atom. The third-order valence-corrected chi connectivity index (χ3v) is 5.03. The first-order valence-electron chi connectivity index (χ1n) is 7.82. The molecule has 19 heavy (non-hydrogen) atoms. The number of hydrogen-bond acceptors (Lipinski definition) is 1. The Kier molecular flexibility index (Phi) is 5.15. The predicted octanol–water partition coefficient (Wildman–Crippen LogP) is 4.52. The Hall–Kier alpha value is -0.250. The fourth-order valence-electron chi connectivity index (χ4n) is 3.81. The van der Waals surface area contributed by atoms with E-state index < -0.39 is 12.1 Å². The molecule has 2 fully saturated rings. The highest BCUT2D eigenvalue weighted by molar-refractivity contribution is 4.90. The summed E-state index contributed by atoms with van der Waals surface area (Å²) < 4.78 is 39.6. The summed E-state index contributed by atoms with van der Waals surface area (Å²) in [6, 6.07) is 0.0715. The zero-order valence-corrected chi connectivity index (χ0v) is 11.8. The van der Waals surface area contributed by atoms with Crippen molar-refractivity contribution in [3.8, 4) is 0 Å². The van der Waals surface area contributed by atoms with E-state index in [0.29, 0.717) is 12.3 Å². The standard InChI is InChI=1S/C15H26F3N/c1-2-19-14(10-11-6-5-7-11)12-8-3-4-9-13(12)15(16,17)18/h11-14,19H,2-10H2,1H3. The van der Waals surface area contributed by atoms with Gasteiger partial charge in [0.1, 0.15) is 0 Å². The largest absolute Gasteiger partial charge is 0.392 e. The molecule has 0 amide bonds. The summed E-state index contributed by atoms with van der Waals surface area (Å²) in [5.74, 6) is -0.612. The molecule has 3 unspecified atom stereocenters. The van der Waals surface area contributed by atoms with Gasteiger partial charge in [-0.15, -0.1) is 0 Å². The minimum absolute atomic E-state index is 0.0715. The molecule has 2 saturated carbocycles. The maximum absolute atomic E-state index is 13.2. The van der Waals surface area contributed by atoms with E-state index in [2.05, 4.69) is 5.32 Å². The molecule has 1 nitrogen and oxygen atoms in total. The van der Waals surface area contributed by atoms with E-state index in [4.69, 9.17) is 0 Å². The summed E-state index contributed by atoms with van der Waals surface area (Å²) >= 11 is 0. The number of nitrogens with one attached hydrogen (secondary N) is 1. The molecule has 2 aliphatic rings. The Balaban J connectivity index is 2.02. The van der Waals surface area contributed by atoms with E-state index in [9.17, 15) is 13.2 Å². The molecule has 0 saturated heterocycles. The Morgan fingerprint density at radius 2 is 1.74 bits per heavy atom. The Bertz CT molecular complexity index is 273. The first-order valence-corrected chi connectivity index (χ1v) is 7.82. The molecular formula is C15H26F3N. The lowest BCUT2D eigenvalue weighted by Crippen LogP contribution is -2.47. The third-order valence-electron chi connectivity index (χ3n) is 5.03. The van der Waals surface area contributed by atoms with Crippen LogP contribution in [-0.4, -0.2) is 18.8 Å². The van der Waals surface area contributed by atoms with Gasteiger partial charge in [-0.25, -0.2) is 0 Å². The number of alkyl halides is 3. The van der Waals surface area contributed by atoms with Crippen molar-refractivity contribution in [2.75, 3.05) is 6.54 Å². The monoisotopic (exact) mass is 277 g/mol. The van der Waals surface area contributed by atoms with Crippen LogP contribution in [0.2, 0.25) is 0 Å². The van der Waals surface area contributed by atoms with E-state index in [1.807, 2.05) is 6.92 Å². The number of hydrogen-bond donors (Lipinski definition) is 1. The van der Waals surface area contributed by atoms with E-state index in [1.165, 1.54) is 19.3 Å². The molecule has 112 valence electrons. The molecule has 0 aliphatic heterocycles. The quantitative estimate of drug-likeness (QED) is 0.779. The average Bonchev–Trinajstić information content (AvgIpc) is 2.31. The van der Waals surface area contributed by atoms with Crippen molar-refractivity contribution in [1.29, 1.82) is 0 Å². The summed E-state index contributed by atoms with van der Waals surface area (Å²) in [6.45, 7) is 2.78. The summed E-state index contributed by atoms with van der Waals surface area (Å²) in [6.07, 6.45) is 3.40. The average molecular weight is 277 g/mol. The first kappa shape index (κ1) is 15.1. The minimum Gasteiger partial charge on any atom is -0.314 e. The molecule has 0 bridgehead atoms. The molecule has 0 spiro atoms. The highest BCUT2D eigenvalue weighted by Crippen LogP contribution is 2.45. The van der Waals surface area contributed by atoms with Crippen LogP contribution in [0.1, 0.15) is 58.3 Å². The highest BCUT2D eigenvalue weighted by atomic mass is 19.4. The topological polar surface area (TPSA) is 12.0 Å². The van der Waals surface area contributed by atoms with Crippen LogP contribution in [0.25, 0.3) is 0 Å². The molecule has 0 aromatic heterocycles. The fourth-order valence-corrected chi connectivity index (χ4v) is 3.81. The van der Waals surface area contributed by atoms with Crippen LogP contribution in [0.4, 0.5) is 13.2 Å². The van der Waals surface area contributed by atoms with Gasteiger partial charge in [0.05, 0.1) is 5.92 Å². The molecule has 0 aromatic carbocycles. The van der Waals surface area contributed by atoms with E-state index in [-0.39, 0.29) is 12.0 Å². The Morgan fingerprint density at radius 1 is 1.05 bits per heavy atom. The lowest BCUT2D eigenvalue weighted by atomic mass is 9.70. The Labute approximate surface area is 114 Å². The molecular weight excluding hydrogens is 251 g/mol. The normalized spacial score (nSPS) is 30.9. The van der Waals surface area contributed by atoms with Crippen molar-refractivity contribution >= 4 is 0 Å². The van der Waals surface area contributed by atoms with Crippen molar-refractivity contribution in [3.63, 3.8) is 0 Å². The van der Waals surface area contributed by atoms with Gasteiger partial charge in [0, 0.05) is 6.04 Å². The fraction of sp³-hybridized carbons (Fsp3) is 1.00. The molecule has 2 rings (SSSR count).